The Morgan fingerprint density at radius 2 is 1.57 bits per heavy atom. The fraction of sp³-hybridized carbons (Fsp3) is 0.278. The lowest BCUT2D eigenvalue weighted by atomic mass is 10.1. The van der Waals surface area contributed by atoms with Crippen molar-refractivity contribution in [3.63, 3.8) is 0 Å². The molecule has 23 heavy (non-hydrogen) atoms. The number of hydrogen-bond acceptors (Lipinski definition) is 3. The van der Waals surface area contributed by atoms with E-state index in [4.69, 9.17) is 4.74 Å². The van der Waals surface area contributed by atoms with Gasteiger partial charge in [0.1, 0.15) is 5.75 Å². The first-order valence-electron chi connectivity index (χ1n) is 7.61. The van der Waals surface area contributed by atoms with Gasteiger partial charge in [-0.1, -0.05) is 15.9 Å². The topological polar surface area (TPSA) is 32.8 Å². The number of nitrogens with zero attached hydrogens (tertiary/aromatic N) is 2. The molecule has 0 aliphatic carbocycles. The molecule has 0 bridgehead atoms. The van der Waals surface area contributed by atoms with Crippen molar-refractivity contribution in [1.82, 2.24) is 4.90 Å². The predicted octanol–water partition coefficient (Wildman–Crippen LogP) is 3.42. The summed E-state index contributed by atoms with van der Waals surface area (Å²) in [5.41, 5.74) is 1.91. The second-order valence-corrected chi connectivity index (χ2v) is 6.40. The fourth-order valence-electron chi connectivity index (χ4n) is 2.74. The van der Waals surface area contributed by atoms with Crippen molar-refractivity contribution in [2.45, 2.75) is 0 Å². The van der Waals surface area contributed by atoms with Gasteiger partial charge in [0.05, 0.1) is 7.11 Å². The Labute approximate surface area is 144 Å². The van der Waals surface area contributed by atoms with Crippen molar-refractivity contribution in [2.24, 2.45) is 0 Å². The number of methoxy groups -OCH3 is 1. The number of halogens is 1. The molecule has 0 radical (unpaired) electrons. The van der Waals surface area contributed by atoms with E-state index in [1.54, 1.807) is 7.11 Å². The first-order valence-corrected chi connectivity index (χ1v) is 8.40. The highest BCUT2D eigenvalue weighted by Crippen LogP contribution is 2.20. The van der Waals surface area contributed by atoms with Gasteiger partial charge in [-0.15, -0.1) is 0 Å². The molecule has 120 valence electrons. The van der Waals surface area contributed by atoms with Crippen LogP contribution in [0.2, 0.25) is 0 Å². The number of ether oxygens (including phenoxy) is 1. The summed E-state index contributed by atoms with van der Waals surface area (Å²) in [5.74, 6) is 0.852. The average Bonchev–Trinajstić information content (AvgIpc) is 2.62. The highest BCUT2D eigenvalue weighted by atomic mass is 79.9. The number of hydrogen-bond donors (Lipinski definition) is 0. The van der Waals surface area contributed by atoms with Crippen LogP contribution in [0.4, 0.5) is 5.69 Å². The molecule has 2 aromatic rings. The Kier molecular flexibility index (Phi) is 4.86. The Bertz CT molecular complexity index is 662. The zero-order valence-electron chi connectivity index (χ0n) is 13.0. The van der Waals surface area contributed by atoms with Crippen molar-refractivity contribution in [2.75, 3.05) is 38.2 Å². The molecule has 1 aliphatic heterocycles. The van der Waals surface area contributed by atoms with Crippen LogP contribution in [0, 0.1) is 0 Å². The largest absolute Gasteiger partial charge is 0.497 e. The molecule has 5 heteroatoms. The molecule has 3 rings (SSSR count). The van der Waals surface area contributed by atoms with E-state index >= 15 is 0 Å². The SMILES string of the molecule is COc1ccc(C(=O)N2CCN(c3ccc(Br)cc3)CC2)cc1. The molecule has 2 aromatic carbocycles. The van der Waals surface area contributed by atoms with Gasteiger partial charge in [0.2, 0.25) is 0 Å². The molecular formula is C18H19BrN2O2. The minimum Gasteiger partial charge on any atom is -0.497 e. The first-order chi connectivity index (χ1) is 11.2. The summed E-state index contributed by atoms with van der Waals surface area (Å²) in [4.78, 5) is 16.8. The normalized spacial score (nSPS) is 14.7. The lowest BCUT2D eigenvalue weighted by molar-refractivity contribution is 0.0747. The summed E-state index contributed by atoms with van der Waals surface area (Å²) in [7, 11) is 1.62. The Hall–Kier alpha value is -2.01. The Morgan fingerprint density at radius 1 is 0.957 bits per heavy atom. The Balaban J connectivity index is 1.61. The number of carbonyl (C=O) groups is 1. The zero-order valence-corrected chi connectivity index (χ0v) is 14.6. The second kappa shape index (κ2) is 7.04. The third-order valence-corrected chi connectivity index (χ3v) is 4.62. The van der Waals surface area contributed by atoms with Gasteiger partial charge in [0.15, 0.2) is 0 Å². The van der Waals surface area contributed by atoms with E-state index in [9.17, 15) is 4.79 Å². The van der Waals surface area contributed by atoms with Crippen LogP contribution >= 0.6 is 15.9 Å². The summed E-state index contributed by atoms with van der Waals surface area (Å²) in [6.07, 6.45) is 0. The van der Waals surface area contributed by atoms with Crippen LogP contribution in [0.3, 0.4) is 0 Å². The first kappa shape index (κ1) is 15.9. The van der Waals surface area contributed by atoms with Gasteiger partial charge in [-0.2, -0.15) is 0 Å². The molecule has 1 heterocycles. The molecule has 0 aromatic heterocycles. The van der Waals surface area contributed by atoms with Gasteiger partial charge in [0.25, 0.3) is 5.91 Å². The maximum absolute atomic E-state index is 12.5. The molecule has 1 fully saturated rings. The number of amides is 1. The summed E-state index contributed by atoms with van der Waals surface area (Å²) in [6, 6.07) is 15.6. The molecule has 0 unspecified atom stereocenters. The van der Waals surface area contributed by atoms with Crippen molar-refractivity contribution in [3.05, 3.63) is 58.6 Å². The van der Waals surface area contributed by atoms with Gasteiger partial charge < -0.3 is 14.5 Å². The van der Waals surface area contributed by atoms with Crippen LogP contribution in [0.25, 0.3) is 0 Å². The van der Waals surface area contributed by atoms with Crippen molar-refractivity contribution >= 4 is 27.5 Å². The molecule has 0 saturated carbocycles. The predicted molar refractivity (Wildman–Crippen MR) is 95.3 cm³/mol. The van der Waals surface area contributed by atoms with E-state index in [0.717, 1.165) is 36.4 Å². The number of carbonyl (C=O) groups excluding carboxylic acids is 1. The quantitative estimate of drug-likeness (QED) is 0.824. The minimum atomic E-state index is 0.0862. The van der Waals surface area contributed by atoms with E-state index in [1.807, 2.05) is 41.3 Å². The van der Waals surface area contributed by atoms with E-state index in [-0.39, 0.29) is 5.91 Å². The molecule has 1 aliphatic rings. The Morgan fingerprint density at radius 3 is 2.13 bits per heavy atom. The highest BCUT2D eigenvalue weighted by Gasteiger charge is 2.22. The van der Waals surface area contributed by atoms with Crippen LogP contribution < -0.4 is 9.64 Å². The molecule has 0 N–H and O–H groups in total. The van der Waals surface area contributed by atoms with Gasteiger partial charge in [-0.3, -0.25) is 4.79 Å². The monoisotopic (exact) mass is 374 g/mol. The smallest absolute Gasteiger partial charge is 0.253 e. The number of benzene rings is 2. The molecular weight excluding hydrogens is 356 g/mol. The fourth-order valence-corrected chi connectivity index (χ4v) is 3.00. The van der Waals surface area contributed by atoms with Gasteiger partial charge >= 0.3 is 0 Å². The molecule has 1 saturated heterocycles. The third-order valence-electron chi connectivity index (χ3n) is 4.10. The minimum absolute atomic E-state index is 0.0862. The zero-order chi connectivity index (χ0) is 16.2. The summed E-state index contributed by atoms with van der Waals surface area (Å²) >= 11 is 3.45. The van der Waals surface area contributed by atoms with Gasteiger partial charge in [0, 0.05) is 41.9 Å². The lowest BCUT2D eigenvalue weighted by Crippen LogP contribution is -2.48. The number of piperazine rings is 1. The molecule has 0 atom stereocenters. The molecule has 0 spiro atoms. The highest BCUT2D eigenvalue weighted by molar-refractivity contribution is 9.10. The third kappa shape index (κ3) is 3.67. The van der Waals surface area contributed by atoms with Crippen LogP contribution in [-0.4, -0.2) is 44.1 Å². The van der Waals surface area contributed by atoms with E-state index in [1.165, 1.54) is 5.69 Å². The van der Waals surface area contributed by atoms with Gasteiger partial charge in [-0.05, 0) is 48.5 Å². The van der Waals surface area contributed by atoms with Crippen molar-refractivity contribution in [3.8, 4) is 5.75 Å². The lowest BCUT2D eigenvalue weighted by Gasteiger charge is -2.36. The van der Waals surface area contributed by atoms with Crippen molar-refractivity contribution in [1.29, 1.82) is 0 Å². The average molecular weight is 375 g/mol. The summed E-state index contributed by atoms with van der Waals surface area (Å²) in [5, 5.41) is 0. The second-order valence-electron chi connectivity index (χ2n) is 5.48. The van der Waals surface area contributed by atoms with Crippen molar-refractivity contribution < 1.29 is 9.53 Å². The van der Waals surface area contributed by atoms with Gasteiger partial charge in [-0.25, -0.2) is 0 Å². The maximum Gasteiger partial charge on any atom is 0.253 e. The van der Waals surface area contributed by atoms with E-state index < -0.39 is 0 Å². The summed E-state index contributed by atoms with van der Waals surface area (Å²) < 4.78 is 6.21. The van der Waals surface area contributed by atoms with Crippen LogP contribution in [0.15, 0.2) is 53.0 Å². The maximum atomic E-state index is 12.5. The van der Waals surface area contributed by atoms with Crippen LogP contribution in [0.1, 0.15) is 10.4 Å². The van der Waals surface area contributed by atoms with Crippen LogP contribution in [0.5, 0.6) is 5.75 Å². The molecule has 4 nitrogen and oxygen atoms in total. The standard InChI is InChI=1S/C18H19BrN2O2/c1-23-17-8-2-14(3-9-17)18(22)21-12-10-20(11-13-21)16-6-4-15(19)5-7-16/h2-9H,10-13H2,1H3. The van der Waals surface area contributed by atoms with Crippen LogP contribution in [-0.2, 0) is 0 Å². The van der Waals surface area contributed by atoms with E-state index in [0.29, 0.717) is 5.56 Å². The van der Waals surface area contributed by atoms with E-state index in [2.05, 4.69) is 33.0 Å². The summed E-state index contributed by atoms with van der Waals surface area (Å²) in [6.45, 7) is 3.18. The molecule has 1 amide bonds. The number of anilines is 1. The number of rotatable bonds is 3.